The van der Waals surface area contributed by atoms with Gasteiger partial charge in [-0.25, -0.2) is 13.6 Å². The number of carboxylic acids is 1. The number of halogens is 2. The van der Waals surface area contributed by atoms with E-state index in [1.807, 2.05) is 0 Å². The third-order valence-electron chi connectivity index (χ3n) is 5.30. The number of carbonyl (C=O) groups is 1. The van der Waals surface area contributed by atoms with E-state index >= 15 is 0 Å². The van der Waals surface area contributed by atoms with E-state index in [1.165, 1.54) is 34.9 Å². The fraction of sp³-hybridized carbons (Fsp3) is 0.238. The van der Waals surface area contributed by atoms with Crippen LogP contribution < -0.4 is 10.3 Å². The van der Waals surface area contributed by atoms with Gasteiger partial charge in [0.1, 0.15) is 17.2 Å². The lowest BCUT2D eigenvalue weighted by Crippen LogP contribution is -2.33. The highest BCUT2D eigenvalue weighted by molar-refractivity contribution is 5.94. The van der Waals surface area contributed by atoms with Gasteiger partial charge in [-0.15, -0.1) is 0 Å². The Morgan fingerprint density at radius 1 is 1.17 bits per heavy atom. The average Bonchev–Trinajstić information content (AvgIpc) is 3.17. The Hall–Kier alpha value is -3.26. The molecule has 0 unspecified atom stereocenters. The number of hydrogen-bond donors (Lipinski definition) is 2. The van der Waals surface area contributed by atoms with Gasteiger partial charge < -0.3 is 19.7 Å². The van der Waals surface area contributed by atoms with E-state index in [1.54, 1.807) is 4.90 Å². The molecular formula is C21H18F2N2O4. The monoisotopic (exact) mass is 400 g/mol. The molecule has 29 heavy (non-hydrogen) atoms. The predicted octanol–water partition coefficient (Wildman–Crippen LogP) is 2.93. The summed E-state index contributed by atoms with van der Waals surface area (Å²) >= 11 is 0. The number of benzene rings is 2. The van der Waals surface area contributed by atoms with Crippen molar-refractivity contribution < 1.29 is 23.8 Å². The molecule has 1 fully saturated rings. The molecule has 0 spiro atoms. The van der Waals surface area contributed by atoms with Crippen LogP contribution in [-0.4, -0.2) is 39.9 Å². The van der Waals surface area contributed by atoms with Crippen LogP contribution in [0.2, 0.25) is 0 Å². The normalized spacial score (nSPS) is 16.5. The molecular weight excluding hydrogens is 382 g/mol. The molecule has 8 heteroatoms. The van der Waals surface area contributed by atoms with E-state index < -0.39 is 28.6 Å². The van der Waals surface area contributed by atoms with Gasteiger partial charge in [0.15, 0.2) is 0 Å². The van der Waals surface area contributed by atoms with Crippen LogP contribution in [0.15, 0.2) is 47.4 Å². The second kappa shape index (κ2) is 7.29. The first-order valence-electron chi connectivity index (χ1n) is 9.16. The first-order chi connectivity index (χ1) is 13.9. The molecule has 0 amide bonds. The molecule has 150 valence electrons. The van der Waals surface area contributed by atoms with Crippen molar-refractivity contribution >= 4 is 22.6 Å². The van der Waals surface area contributed by atoms with Crippen LogP contribution >= 0.6 is 0 Å². The second-order valence-corrected chi connectivity index (χ2v) is 7.02. The third-order valence-corrected chi connectivity index (χ3v) is 5.30. The van der Waals surface area contributed by atoms with Crippen LogP contribution in [0.3, 0.4) is 0 Å². The Balaban J connectivity index is 2.02. The molecule has 1 aliphatic rings. The van der Waals surface area contributed by atoms with Gasteiger partial charge in [0, 0.05) is 23.8 Å². The molecule has 2 N–H and O–H groups in total. The van der Waals surface area contributed by atoms with E-state index in [9.17, 15) is 28.6 Å². The van der Waals surface area contributed by atoms with Crippen LogP contribution in [0.5, 0.6) is 0 Å². The van der Waals surface area contributed by atoms with Gasteiger partial charge in [-0.05, 0) is 49.2 Å². The van der Waals surface area contributed by atoms with Crippen LogP contribution in [0.4, 0.5) is 14.5 Å². The van der Waals surface area contributed by atoms with Gasteiger partial charge in [0.05, 0.1) is 23.9 Å². The third kappa shape index (κ3) is 3.25. The number of anilines is 1. The average molecular weight is 400 g/mol. The number of hydrogen-bond acceptors (Lipinski definition) is 4. The Kier molecular flexibility index (Phi) is 4.79. The minimum atomic E-state index is -1.43. The summed E-state index contributed by atoms with van der Waals surface area (Å²) in [4.78, 5) is 25.9. The summed E-state index contributed by atoms with van der Waals surface area (Å²) in [7, 11) is 0. The zero-order valence-electron chi connectivity index (χ0n) is 15.3. The summed E-state index contributed by atoms with van der Waals surface area (Å²) in [6.45, 7) is 0.432. The molecule has 1 aromatic heterocycles. The SMILES string of the molecule is O=C(O)c1cn(-c2ccc(F)cc2)c2cc(N3CCC[C@H]3CO)c(F)cc2c1=O. The number of nitrogens with zero attached hydrogens (tertiary/aromatic N) is 2. The van der Waals surface area contributed by atoms with Crippen LogP contribution in [0.1, 0.15) is 23.2 Å². The molecule has 0 bridgehead atoms. The van der Waals surface area contributed by atoms with Crippen molar-refractivity contribution in [2.75, 3.05) is 18.1 Å². The largest absolute Gasteiger partial charge is 0.477 e. The van der Waals surface area contributed by atoms with Crippen molar-refractivity contribution in [3.63, 3.8) is 0 Å². The van der Waals surface area contributed by atoms with Gasteiger partial charge in [0.25, 0.3) is 0 Å². The van der Waals surface area contributed by atoms with Gasteiger partial charge in [0.2, 0.25) is 5.43 Å². The number of carboxylic acid groups (broad SMARTS) is 1. The van der Waals surface area contributed by atoms with Crippen molar-refractivity contribution in [2.24, 2.45) is 0 Å². The lowest BCUT2D eigenvalue weighted by molar-refractivity contribution is 0.0695. The summed E-state index contributed by atoms with van der Waals surface area (Å²) in [6, 6.07) is 7.60. The molecule has 3 aromatic rings. The minimum absolute atomic E-state index is 0.0878. The Labute approximate surface area is 164 Å². The van der Waals surface area contributed by atoms with Gasteiger partial charge in [-0.2, -0.15) is 0 Å². The van der Waals surface area contributed by atoms with Crippen molar-refractivity contribution in [3.8, 4) is 5.69 Å². The fourth-order valence-corrected chi connectivity index (χ4v) is 3.86. The topological polar surface area (TPSA) is 82.8 Å². The molecule has 6 nitrogen and oxygen atoms in total. The number of aliphatic hydroxyl groups is 1. The summed E-state index contributed by atoms with van der Waals surface area (Å²) in [6.07, 6.45) is 2.68. The van der Waals surface area contributed by atoms with E-state index in [0.29, 0.717) is 17.7 Å². The Morgan fingerprint density at radius 2 is 1.90 bits per heavy atom. The molecule has 0 aliphatic carbocycles. The number of rotatable bonds is 4. The first kappa shape index (κ1) is 19.1. The Bertz CT molecular complexity index is 1160. The molecule has 1 saturated heterocycles. The predicted molar refractivity (Wildman–Crippen MR) is 104 cm³/mol. The van der Waals surface area contributed by atoms with Crippen molar-refractivity contribution in [3.05, 3.63) is 70.0 Å². The van der Waals surface area contributed by atoms with Crippen LogP contribution in [0, 0.1) is 11.6 Å². The number of aromatic nitrogens is 1. The van der Waals surface area contributed by atoms with E-state index in [4.69, 9.17) is 0 Å². The number of aromatic carboxylic acids is 1. The van der Waals surface area contributed by atoms with Crippen LogP contribution in [0.25, 0.3) is 16.6 Å². The van der Waals surface area contributed by atoms with Gasteiger partial charge >= 0.3 is 5.97 Å². The minimum Gasteiger partial charge on any atom is -0.477 e. The quantitative estimate of drug-likeness (QED) is 0.704. The molecule has 1 aliphatic heterocycles. The second-order valence-electron chi connectivity index (χ2n) is 7.02. The maximum atomic E-state index is 14.9. The maximum Gasteiger partial charge on any atom is 0.341 e. The Morgan fingerprint density at radius 3 is 2.55 bits per heavy atom. The highest BCUT2D eigenvalue weighted by Crippen LogP contribution is 2.31. The summed E-state index contributed by atoms with van der Waals surface area (Å²) < 4.78 is 29.7. The van der Waals surface area contributed by atoms with E-state index in [0.717, 1.165) is 25.1 Å². The molecule has 1 atom stereocenters. The summed E-state index contributed by atoms with van der Waals surface area (Å²) in [5, 5.41) is 18.9. The number of pyridine rings is 1. The smallest absolute Gasteiger partial charge is 0.341 e. The number of aliphatic hydroxyl groups excluding tert-OH is 1. The highest BCUT2D eigenvalue weighted by atomic mass is 19.1. The molecule has 2 heterocycles. The fourth-order valence-electron chi connectivity index (χ4n) is 3.86. The molecule has 0 saturated carbocycles. The maximum absolute atomic E-state index is 14.9. The standard InChI is InChI=1S/C21H18F2N2O4/c22-12-3-5-13(6-4-12)25-10-16(21(28)29)20(27)15-8-17(23)19(9-18(15)25)24-7-1-2-14(24)11-26/h3-6,8-10,14,26H,1-2,7,11H2,(H,28,29)/t14-/m0/s1. The zero-order chi connectivity index (χ0) is 20.7. The first-order valence-corrected chi connectivity index (χ1v) is 9.16. The van der Waals surface area contributed by atoms with Crippen molar-refractivity contribution in [1.82, 2.24) is 4.57 Å². The summed E-state index contributed by atoms with van der Waals surface area (Å²) in [5.41, 5.74) is -0.351. The van der Waals surface area contributed by atoms with Crippen molar-refractivity contribution in [1.29, 1.82) is 0 Å². The molecule has 0 radical (unpaired) electrons. The van der Waals surface area contributed by atoms with Gasteiger partial charge in [-0.1, -0.05) is 0 Å². The van der Waals surface area contributed by atoms with Crippen LogP contribution in [-0.2, 0) is 0 Å². The molecule has 2 aromatic carbocycles. The summed E-state index contributed by atoms with van der Waals surface area (Å²) in [5.74, 6) is -2.56. The number of fused-ring (bicyclic) bond motifs is 1. The van der Waals surface area contributed by atoms with E-state index in [-0.39, 0.29) is 23.7 Å². The van der Waals surface area contributed by atoms with E-state index in [2.05, 4.69) is 0 Å². The van der Waals surface area contributed by atoms with Crippen molar-refractivity contribution in [2.45, 2.75) is 18.9 Å². The lowest BCUT2D eigenvalue weighted by Gasteiger charge is -2.26. The van der Waals surface area contributed by atoms with Gasteiger partial charge in [-0.3, -0.25) is 4.79 Å². The molecule has 4 rings (SSSR count). The zero-order valence-corrected chi connectivity index (χ0v) is 15.3. The highest BCUT2D eigenvalue weighted by Gasteiger charge is 2.27. The lowest BCUT2D eigenvalue weighted by atomic mass is 10.1.